The predicted octanol–water partition coefficient (Wildman–Crippen LogP) is 2.63. The molecule has 1 aromatic rings. The number of hydrogen-bond acceptors (Lipinski definition) is 1. The number of hydrogen-bond donors (Lipinski definition) is 0. The van der Waals surface area contributed by atoms with Crippen LogP contribution in [0.5, 0.6) is 0 Å². The average Bonchev–Trinajstić information content (AvgIpc) is 2.82. The highest BCUT2D eigenvalue weighted by atomic mass is 15.1. The summed E-state index contributed by atoms with van der Waals surface area (Å²) in [5, 5.41) is 0. The fourth-order valence-electron chi connectivity index (χ4n) is 2.33. The number of rotatable bonds is 1. The molecule has 2 heteroatoms. The van der Waals surface area contributed by atoms with Crippen LogP contribution < -0.4 is 0 Å². The standard InChI is InChI=1S/C12H14N2/c1-8-5-11(6-10-7-12(8)10)14-4-3-13-9(14)2/h3-6,10,12H,7H2,1-2H3. The lowest BCUT2D eigenvalue weighted by molar-refractivity contribution is 0.887. The van der Waals surface area contributed by atoms with E-state index in [1.54, 1.807) is 0 Å². The topological polar surface area (TPSA) is 17.8 Å². The van der Waals surface area contributed by atoms with Gasteiger partial charge in [0, 0.05) is 18.1 Å². The summed E-state index contributed by atoms with van der Waals surface area (Å²) in [5.41, 5.74) is 2.83. The monoisotopic (exact) mass is 186 g/mol. The zero-order chi connectivity index (χ0) is 9.71. The molecule has 0 amide bonds. The van der Waals surface area contributed by atoms with E-state index in [1.807, 2.05) is 19.3 Å². The zero-order valence-corrected chi connectivity index (χ0v) is 8.57. The number of imidazole rings is 1. The summed E-state index contributed by atoms with van der Waals surface area (Å²) in [5.74, 6) is 2.72. The second-order valence-corrected chi connectivity index (χ2v) is 4.33. The normalized spacial score (nSPS) is 29.3. The first kappa shape index (κ1) is 8.04. The molecule has 0 radical (unpaired) electrons. The van der Waals surface area contributed by atoms with Crippen molar-refractivity contribution in [1.82, 2.24) is 9.55 Å². The van der Waals surface area contributed by atoms with Crippen LogP contribution in [-0.4, -0.2) is 9.55 Å². The molecule has 14 heavy (non-hydrogen) atoms. The smallest absolute Gasteiger partial charge is 0.110 e. The maximum Gasteiger partial charge on any atom is 0.110 e. The third-order valence-electron chi connectivity index (χ3n) is 3.29. The van der Waals surface area contributed by atoms with E-state index in [1.165, 1.54) is 17.7 Å². The number of aromatic nitrogens is 2. The van der Waals surface area contributed by atoms with Gasteiger partial charge in [0.2, 0.25) is 0 Å². The van der Waals surface area contributed by atoms with E-state index < -0.39 is 0 Å². The highest BCUT2D eigenvalue weighted by molar-refractivity contribution is 5.63. The molecule has 2 aliphatic carbocycles. The molecular weight excluding hydrogens is 172 g/mol. The number of fused-ring (bicyclic) bond motifs is 1. The van der Waals surface area contributed by atoms with E-state index in [4.69, 9.17) is 0 Å². The lowest BCUT2D eigenvalue weighted by Crippen LogP contribution is -2.01. The Morgan fingerprint density at radius 2 is 2.29 bits per heavy atom. The fraction of sp³-hybridized carbons (Fsp3) is 0.417. The molecule has 0 spiro atoms. The maximum atomic E-state index is 4.25. The molecule has 0 aliphatic heterocycles. The van der Waals surface area contributed by atoms with E-state index in [2.05, 4.69) is 28.6 Å². The quantitative estimate of drug-likeness (QED) is 0.659. The molecule has 3 rings (SSSR count). The van der Waals surface area contributed by atoms with Gasteiger partial charge in [0.05, 0.1) is 0 Å². The Labute approximate surface area is 84.0 Å². The minimum Gasteiger partial charge on any atom is -0.304 e. The third-order valence-corrected chi connectivity index (χ3v) is 3.29. The Bertz CT molecular complexity index is 437. The van der Waals surface area contributed by atoms with Gasteiger partial charge in [0.25, 0.3) is 0 Å². The third kappa shape index (κ3) is 1.07. The van der Waals surface area contributed by atoms with Crippen LogP contribution in [0.15, 0.2) is 30.1 Å². The van der Waals surface area contributed by atoms with Crippen molar-refractivity contribution in [1.29, 1.82) is 0 Å². The van der Waals surface area contributed by atoms with Crippen LogP contribution in [0, 0.1) is 18.8 Å². The van der Waals surface area contributed by atoms with Crippen molar-refractivity contribution in [3.05, 3.63) is 35.9 Å². The first-order valence-corrected chi connectivity index (χ1v) is 5.16. The van der Waals surface area contributed by atoms with E-state index >= 15 is 0 Å². The second-order valence-electron chi connectivity index (χ2n) is 4.33. The molecular formula is C12H14N2. The molecule has 2 nitrogen and oxygen atoms in total. The Hall–Kier alpha value is -1.31. The van der Waals surface area contributed by atoms with Crippen molar-refractivity contribution < 1.29 is 0 Å². The Morgan fingerprint density at radius 1 is 1.43 bits per heavy atom. The number of nitrogens with zero attached hydrogens (tertiary/aromatic N) is 2. The van der Waals surface area contributed by atoms with E-state index in [9.17, 15) is 0 Å². The van der Waals surface area contributed by atoms with Crippen molar-refractivity contribution in [2.24, 2.45) is 11.8 Å². The molecule has 0 saturated heterocycles. The summed E-state index contributed by atoms with van der Waals surface area (Å²) in [6.07, 6.45) is 9.92. The Kier molecular flexibility index (Phi) is 1.49. The molecule has 1 aromatic heterocycles. The van der Waals surface area contributed by atoms with Gasteiger partial charge in [-0.2, -0.15) is 0 Å². The molecule has 0 bridgehead atoms. The minimum absolute atomic E-state index is 0.803. The van der Waals surface area contributed by atoms with Gasteiger partial charge in [-0.25, -0.2) is 4.98 Å². The average molecular weight is 186 g/mol. The molecule has 72 valence electrons. The molecule has 2 unspecified atom stereocenters. The zero-order valence-electron chi connectivity index (χ0n) is 8.57. The molecule has 0 aromatic carbocycles. The van der Waals surface area contributed by atoms with Gasteiger partial charge in [-0.15, -0.1) is 0 Å². The van der Waals surface area contributed by atoms with Crippen LogP contribution in [0.1, 0.15) is 19.2 Å². The summed E-state index contributed by atoms with van der Waals surface area (Å²) in [6.45, 7) is 4.28. The van der Waals surface area contributed by atoms with E-state index in [-0.39, 0.29) is 0 Å². The summed E-state index contributed by atoms with van der Waals surface area (Å²) in [6, 6.07) is 0. The highest BCUT2D eigenvalue weighted by Gasteiger charge is 2.39. The predicted molar refractivity (Wildman–Crippen MR) is 56.6 cm³/mol. The lowest BCUT2D eigenvalue weighted by atomic mass is 10.0. The largest absolute Gasteiger partial charge is 0.304 e. The second kappa shape index (κ2) is 2.59. The fourth-order valence-corrected chi connectivity index (χ4v) is 2.33. The summed E-state index contributed by atoms with van der Waals surface area (Å²) in [4.78, 5) is 4.25. The molecule has 1 saturated carbocycles. The minimum atomic E-state index is 0.803. The van der Waals surface area contributed by atoms with Gasteiger partial charge >= 0.3 is 0 Å². The SMILES string of the molecule is CC1=CC(n2ccnc2C)=CC2CC12. The summed E-state index contributed by atoms with van der Waals surface area (Å²) >= 11 is 0. The first-order valence-electron chi connectivity index (χ1n) is 5.16. The number of allylic oxidation sites excluding steroid dienone is 4. The Balaban J connectivity index is 2.04. The van der Waals surface area contributed by atoms with Gasteiger partial charge in [-0.05, 0) is 38.2 Å². The summed E-state index contributed by atoms with van der Waals surface area (Å²) in [7, 11) is 0. The highest BCUT2D eigenvalue weighted by Crippen LogP contribution is 2.49. The first-order chi connectivity index (χ1) is 6.75. The van der Waals surface area contributed by atoms with Crippen molar-refractivity contribution in [3.63, 3.8) is 0 Å². The molecule has 1 heterocycles. The van der Waals surface area contributed by atoms with Crippen molar-refractivity contribution in [3.8, 4) is 0 Å². The van der Waals surface area contributed by atoms with Crippen molar-refractivity contribution in [2.75, 3.05) is 0 Å². The van der Waals surface area contributed by atoms with Gasteiger partial charge in [-0.3, -0.25) is 0 Å². The van der Waals surface area contributed by atoms with E-state index in [0.29, 0.717) is 0 Å². The van der Waals surface area contributed by atoms with Crippen LogP contribution in [0.2, 0.25) is 0 Å². The van der Waals surface area contributed by atoms with Crippen LogP contribution in [0.3, 0.4) is 0 Å². The molecule has 2 atom stereocenters. The number of aryl methyl sites for hydroxylation is 1. The molecule has 1 fully saturated rings. The van der Waals surface area contributed by atoms with Crippen LogP contribution >= 0.6 is 0 Å². The molecule has 2 aliphatic rings. The van der Waals surface area contributed by atoms with Crippen LogP contribution in [0.4, 0.5) is 0 Å². The van der Waals surface area contributed by atoms with Gasteiger partial charge in [0.1, 0.15) is 5.82 Å². The van der Waals surface area contributed by atoms with Crippen LogP contribution in [-0.2, 0) is 0 Å². The maximum absolute atomic E-state index is 4.25. The van der Waals surface area contributed by atoms with Crippen LogP contribution in [0.25, 0.3) is 5.70 Å². The van der Waals surface area contributed by atoms with Crippen molar-refractivity contribution >= 4 is 5.70 Å². The van der Waals surface area contributed by atoms with Gasteiger partial charge in [0.15, 0.2) is 0 Å². The summed E-state index contributed by atoms with van der Waals surface area (Å²) < 4.78 is 2.16. The van der Waals surface area contributed by atoms with Gasteiger partial charge in [-0.1, -0.05) is 11.6 Å². The lowest BCUT2D eigenvalue weighted by Gasteiger charge is -2.12. The van der Waals surface area contributed by atoms with E-state index in [0.717, 1.165) is 17.7 Å². The molecule has 0 N–H and O–H groups in total. The van der Waals surface area contributed by atoms with Gasteiger partial charge < -0.3 is 4.57 Å². The van der Waals surface area contributed by atoms with Crippen molar-refractivity contribution in [2.45, 2.75) is 20.3 Å². The Morgan fingerprint density at radius 3 is 2.93 bits per heavy atom.